The molecule has 2 atom stereocenters. The second-order valence-electron chi connectivity index (χ2n) is 5.95. The van der Waals surface area contributed by atoms with Gasteiger partial charge < -0.3 is 9.84 Å². The van der Waals surface area contributed by atoms with Crippen molar-refractivity contribution in [2.45, 2.75) is 32.4 Å². The number of benzene rings is 1. The van der Waals surface area contributed by atoms with E-state index < -0.39 is 6.10 Å². The summed E-state index contributed by atoms with van der Waals surface area (Å²) in [7, 11) is 0. The lowest BCUT2D eigenvalue weighted by Crippen LogP contribution is -2.40. The fourth-order valence-electron chi connectivity index (χ4n) is 3.04. The van der Waals surface area contributed by atoms with Gasteiger partial charge in [-0.2, -0.15) is 0 Å². The van der Waals surface area contributed by atoms with Gasteiger partial charge in [0.05, 0.1) is 0 Å². The van der Waals surface area contributed by atoms with Gasteiger partial charge >= 0.3 is 0 Å². The molecule has 3 nitrogen and oxygen atoms in total. The molecule has 3 rings (SSSR count). The first-order valence-electron chi connectivity index (χ1n) is 7.82. The molecule has 118 valence electrons. The van der Waals surface area contributed by atoms with Crippen LogP contribution < -0.4 is 4.74 Å². The molecule has 1 N–H and O–H groups in total. The van der Waals surface area contributed by atoms with Crippen LogP contribution in [0.15, 0.2) is 35.7 Å². The zero-order valence-corrected chi connectivity index (χ0v) is 14.0. The van der Waals surface area contributed by atoms with Crippen LogP contribution in [0.1, 0.15) is 29.0 Å². The minimum absolute atomic E-state index is 0.338. The zero-order chi connectivity index (χ0) is 15.5. The van der Waals surface area contributed by atoms with Crippen molar-refractivity contribution in [2.75, 3.05) is 19.7 Å². The van der Waals surface area contributed by atoms with E-state index in [1.54, 1.807) is 0 Å². The summed E-state index contributed by atoms with van der Waals surface area (Å²) in [4.78, 5) is 3.84. The molecule has 0 fully saturated rings. The number of rotatable bonds is 5. The number of thiophene rings is 1. The van der Waals surface area contributed by atoms with Gasteiger partial charge in [-0.3, -0.25) is 4.90 Å². The van der Waals surface area contributed by atoms with Gasteiger partial charge in [0, 0.05) is 24.0 Å². The minimum Gasteiger partial charge on any atom is -0.491 e. The SMILES string of the molecule is Cc1ccccc1OC[C@H](O)CN1CCc2sccc2[C@@H]1C. The second-order valence-corrected chi connectivity index (χ2v) is 6.95. The van der Waals surface area contributed by atoms with E-state index in [2.05, 4.69) is 23.3 Å². The van der Waals surface area contributed by atoms with Crippen LogP contribution in [0.3, 0.4) is 0 Å². The van der Waals surface area contributed by atoms with Crippen molar-refractivity contribution in [1.82, 2.24) is 4.90 Å². The van der Waals surface area contributed by atoms with Crippen molar-refractivity contribution in [3.05, 3.63) is 51.7 Å². The van der Waals surface area contributed by atoms with Crippen LogP contribution in [0.25, 0.3) is 0 Å². The van der Waals surface area contributed by atoms with Crippen molar-refractivity contribution in [2.24, 2.45) is 0 Å². The third-order valence-corrected chi connectivity index (χ3v) is 5.37. The smallest absolute Gasteiger partial charge is 0.122 e. The largest absolute Gasteiger partial charge is 0.491 e. The molecule has 2 heterocycles. The third-order valence-electron chi connectivity index (χ3n) is 4.37. The maximum absolute atomic E-state index is 10.3. The summed E-state index contributed by atoms with van der Waals surface area (Å²) in [5.74, 6) is 0.855. The highest BCUT2D eigenvalue weighted by atomic mass is 32.1. The molecular weight excluding hydrogens is 294 g/mol. The first kappa shape index (κ1) is 15.5. The molecule has 0 saturated heterocycles. The van der Waals surface area contributed by atoms with Crippen LogP contribution in [-0.4, -0.2) is 35.8 Å². The van der Waals surface area contributed by atoms with Gasteiger partial charge in [-0.25, -0.2) is 0 Å². The van der Waals surface area contributed by atoms with Crippen molar-refractivity contribution < 1.29 is 9.84 Å². The lowest BCUT2D eigenvalue weighted by molar-refractivity contribution is 0.0520. The molecule has 1 aromatic carbocycles. The monoisotopic (exact) mass is 317 g/mol. The predicted molar refractivity (Wildman–Crippen MR) is 90.7 cm³/mol. The Morgan fingerprint density at radius 1 is 1.36 bits per heavy atom. The predicted octanol–water partition coefficient (Wildman–Crippen LogP) is 3.42. The molecule has 0 amide bonds. The molecule has 22 heavy (non-hydrogen) atoms. The lowest BCUT2D eigenvalue weighted by Gasteiger charge is -2.34. The fourth-order valence-corrected chi connectivity index (χ4v) is 4.00. The van der Waals surface area contributed by atoms with Crippen LogP contribution in [0.2, 0.25) is 0 Å². The van der Waals surface area contributed by atoms with Crippen LogP contribution in [-0.2, 0) is 6.42 Å². The Morgan fingerprint density at radius 3 is 3.00 bits per heavy atom. The van der Waals surface area contributed by atoms with Crippen molar-refractivity contribution >= 4 is 11.3 Å². The standard InChI is InChI=1S/C18H23NO2S/c1-13-5-3-4-6-17(13)21-12-15(20)11-19-9-7-18-16(14(19)2)8-10-22-18/h3-6,8,10,14-15,20H,7,9,11-12H2,1-2H3/t14-,15+/m0/s1. The summed E-state index contributed by atoms with van der Waals surface area (Å²) in [5, 5.41) is 12.5. The first-order chi connectivity index (χ1) is 10.6. The summed E-state index contributed by atoms with van der Waals surface area (Å²) in [5.41, 5.74) is 2.52. The fraction of sp³-hybridized carbons (Fsp3) is 0.444. The van der Waals surface area contributed by atoms with E-state index in [1.165, 1.54) is 10.4 Å². The highest BCUT2D eigenvalue weighted by molar-refractivity contribution is 7.10. The zero-order valence-electron chi connectivity index (χ0n) is 13.2. The van der Waals surface area contributed by atoms with Gasteiger partial charge in [0.15, 0.2) is 0 Å². The Labute approximate surface area is 136 Å². The number of aliphatic hydroxyl groups is 1. The van der Waals surface area contributed by atoms with Crippen LogP contribution >= 0.6 is 11.3 Å². The number of ether oxygens (including phenoxy) is 1. The van der Waals surface area contributed by atoms with E-state index in [-0.39, 0.29) is 0 Å². The number of fused-ring (bicyclic) bond motifs is 1. The average molecular weight is 317 g/mol. The van der Waals surface area contributed by atoms with Crippen molar-refractivity contribution in [3.63, 3.8) is 0 Å². The lowest BCUT2D eigenvalue weighted by atomic mass is 10.0. The van der Waals surface area contributed by atoms with E-state index in [0.717, 1.165) is 24.3 Å². The quantitative estimate of drug-likeness (QED) is 0.917. The summed E-state index contributed by atoms with van der Waals surface area (Å²) in [6.07, 6.45) is 0.616. The number of hydrogen-bond donors (Lipinski definition) is 1. The molecule has 0 bridgehead atoms. The van der Waals surface area contributed by atoms with Gasteiger partial charge in [-0.05, 0) is 48.9 Å². The summed E-state index contributed by atoms with van der Waals surface area (Å²) < 4.78 is 5.76. The summed E-state index contributed by atoms with van der Waals surface area (Å²) in [6, 6.07) is 10.5. The molecule has 1 aliphatic rings. The molecule has 2 aromatic rings. The maximum atomic E-state index is 10.3. The van der Waals surface area contributed by atoms with Crippen molar-refractivity contribution in [1.29, 1.82) is 0 Å². The van der Waals surface area contributed by atoms with Crippen LogP contribution in [0.4, 0.5) is 0 Å². The summed E-state index contributed by atoms with van der Waals surface area (Å²) in [6.45, 7) is 6.25. The van der Waals surface area contributed by atoms with Gasteiger partial charge in [0.1, 0.15) is 18.5 Å². The minimum atomic E-state index is -0.470. The van der Waals surface area contributed by atoms with E-state index in [4.69, 9.17) is 4.74 Å². The average Bonchev–Trinajstić information content (AvgIpc) is 2.99. The highest BCUT2D eigenvalue weighted by Crippen LogP contribution is 2.32. The summed E-state index contributed by atoms with van der Waals surface area (Å²) >= 11 is 1.85. The first-order valence-corrected chi connectivity index (χ1v) is 8.70. The Bertz CT molecular complexity index is 625. The molecule has 1 aromatic heterocycles. The van der Waals surface area contributed by atoms with E-state index in [1.807, 2.05) is 42.5 Å². The third kappa shape index (κ3) is 3.35. The maximum Gasteiger partial charge on any atom is 0.122 e. The van der Waals surface area contributed by atoms with Crippen molar-refractivity contribution in [3.8, 4) is 5.75 Å². The Balaban J connectivity index is 1.54. The Hall–Kier alpha value is -1.36. The normalized spacial score (nSPS) is 19.7. The molecule has 0 spiro atoms. The molecular formula is C18H23NO2S. The van der Waals surface area contributed by atoms with E-state index >= 15 is 0 Å². The highest BCUT2D eigenvalue weighted by Gasteiger charge is 2.26. The van der Waals surface area contributed by atoms with Gasteiger partial charge in [-0.15, -0.1) is 11.3 Å². The van der Waals surface area contributed by atoms with Crippen LogP contribution in [0, 0.1) is 6.92 Å². The number of nitrogens with zero attached hydrogens (tertiary/aromatic N) is 1. The van der Waals surface area contributed by atoms with Crippen LogP contribution in [0.5, 0.6) is 5.75 Å². The molecule has 4 heteroatoms. The van der Waals surface area contributed by atoms with Gasteiger partial charge in [-0.1, -0.05) is 18.2 Å². The van der Waals surface area contributed by atoms with E-state index in [9.17, 15) is 5.11 Å². The molecule has 0 radical (unpaired) electrons. The number of β-amino-alcohol motifs (C(OH)–C–C–N with tert-alkyl or cyclic N) is 1. The van der Waals surface area contributed by atoms with E-state index in [0.29, 0.717) is 19.2 Å². The Morgan fingerprint density at radius 2 is 2.18 bits per heavy atom. The number of hydrogen-bond acceptors (Lipinski definition) is 4. The van der Waals surface area contributed by atoms with Gasteiger partial charge in [0.25, 0.3) is 0 Å². The second kappa shape index (κ2) is 6.82. The van der Waals surface area contributed by atoms with Gasteiger partial charge in [0.2, 0.25) is 0 Å². The topological polar surface area (TPSA) is 32.7 Å². The molecule has 0 aliphatic carbocycles. The molecule has 0 unspecified atom stereocenters. The molecule has 1 aliphatic heterocycles. The molecule has 0 saturated carbocycles. The number of para-hydroxylation sites is 1. The number of aliphatic hydroxyl groups excluding tert-OH is 1. The number of aryl methyl sites for hydroxylation is 1. The Kier molecular flexibility index (Phi) is 4.81.